The predicted octanol–water partition coefficient (Wildman–Crippen LogP) is 6.78. The van der Waals surface area contributed by atoms with Crippen molar-refractivity contribution in [3.63, 3.8) is 0 Å². The smallest absolute Gasteiger partial charge is 0.303 e. The van der Waals surface area contributed by atoms with Crippen molar-refractivity contribution in [2.24, 2.45) is 17.8 Å². The van der Waals surface area contributed by atoms with Crippen LogP contribution >= 0.6 is 0 Å². The van der Waals surface area contributed by atoms with Crippen LogP contribution in [0.15, 0.2) is 54.7 Å². The molecule has 294 valence electrons. The number of likely N-dealkylation sites (tertiary alicyclic amines) is 1. The molecule has 0 unspecified atom stereocenters. The lowest BCUT2D eigenvalue weighted by Crippen LogP contribution is -2.50. The second-order valence-electron chi connectivity index (χ2n) is 15.8. The number of ether oxygens (including phenoxy) is 2. The Labute approximate surface area is 318 Å². The van der Waals surface area contributed by atoms with E-state index in [2.05, 4.69) is 37.9 Å². The normalized spacial score (nSPS) is 19.3. The minimum Gasteiger partial charge on any atom is -0.453 e. The number of esters is 1. The van der Waals surface area contributed by atoms with Crippen molar-refractivity contribution in [2.75, 3.05) is 39.4 Å². The van der Waals surface area contributed by atoms with Crippen LogP contribution in [0.25, 0.3) is 11.3 Å². The van der Waals surface area contributed by atoms with Gasteiger partial charge in [-0.1, -0.05) is 50.1 Å². The summed E-state index contributed by atoms with van der Waals surface area (Å²) in [4.78, 5) is 50.1. The van der Waals surface area contributed by atoms with Crippen LogP contribution in [0.4, 0.5) is 8.78 Å². The fraction of sp³-hybridized carbons (Fsp3) is 0.571. The first kappa shape index (κ1) is 41.0. The lowest BCUT2D eigenvalue weighted by atomic mass is 9.87. The van der Waals surface area contributed by atoms with Crippen LogP contribution in [0.2, 0.25) is 0 Å². The lowest BCUT2D eigenvalue weighted by Gasteiger charge is -2.41. The van der Waals surface area contributed by atoms with E-state index in [0.29, 0.717) is 58.1 Å². The number of hydrogen-bond acceptors (Lipinski definition) is 7. The highest BCUT2D eigenvalue weighted by atomic mass is 19.1. The maximum atomic E-state index is 15.4. The summed E-state index contributed by atoms with van der Waals surface area (Å²) in [6.07, 6.45) is 4.76. The molecule has 0 spiro atoms. The predicted molar refractivity (Wildman–Crippen MR) is 203 cm³/mol. The average Bonchev–Trinajstić information content (AvgIpc) is 3.76. The minimum atomic E-state index is -1.12. The zero-order valence-corrected chi connectivity index (χ0v) is 32.7. The maximum absolute atomic E-state index is 15.4. The van der Waals surface area contributed by atoms with Crippen molar-refractivity contribution < 1.29 is 32.6 Å². The van der Waals surface area contributed by atoms with Crippen LogP contribution in [-0.2, 0) is 30.4 Å². The molecule has 2 saturated heterocycles. The van der Waals surface area contributed by atoms with Crippen molar-refractivity contribution >= 4 is 17.8 Å². The SMILES string of the molecule is CCCCCNC(=O)[C@@H]1CN(C(C)(C)C)C[C@@H]1CN(C(=O)[C@H](C)OC(C)=O)[C@@H](c1nc(-c2cc(F)ccc2F)cn1Cc1ccccc1)C1CCOCC1. The minimum absolute atomic E-state index is 0.0105. The van der Waals surface area contributed by atoms with Crippen molar-refractivity contribution in [3.05, 3.63) is 77.8 Å². The van der Waals surface area contributed by atoms with Crippen molar-refractivity contribution in [2.45, 2.75) is 97.9 Å². The topological polar surface area (TPSA) is 106 Å². The van der Waals surface area contributed by atoms with Crippen LogP contribution in [0.5, 0.6) is 0 Å². The number of carbonyl (C=O) groups is 3. The zero-order valence-electron chi connectivity index (χ0n) is 32.7. The van der Waals surface area contributed by atoms with Gasteiger partial charge in [-0.05, 0) is 76.6 Å². The van der Waals surface area contributed by atoms with Gasteiger partial charge in [-0.2, -0.15) is 0 Å². The van der Waals surface area contributed by atoms with E-state index in [1.54, 1.807) is 18.0 Å². The van der Waals surface area contributed by atoms with Crippen LogP contribution in [0.3, 0.4) is 0 Å². The number of carbonyl (C=O) groups excluding carboxylic acids is 3. The van der Waals surface area contributed by atoms with E-state index in [0.717, 1.165) is 43.0 Å². The zero-order chi connectivity index (χ0) is 39.0. The Hall–Kier alpha value is -4.16. The van der Waals surface area contributed by atoms with Crippen molar-refractivity contribution in [1.82, 2.24) is 24.7 Å². The molecule has 0 saturated carbocycles. The summed E-state index contributed by atoms with van der Waals surface area (Å²) in [5.41, 5.74) is 0.970. The Balaban J connectivity index is 1.65. The highest BCUT2D eigenvalue weighted by Crippen LogP contribution is 2.40. The quantitative estimate of drug-likeness (QED) is 0.135. The monoisotopic (exact) mass is 749 g/mol. The molecule has 0 bridgehead atoms. The highest BCUT2D eigenvalue weighted by molar-refractivity contribution is 5.84. The number of aromatic nitrogens is 2. The molecule has 2 aliphatic rings. The largest absolute Gasteiger partial charge is 0.453 e. The van der Waals surface area contributed by atoms with E-state index in [1.165, 1.54) is 6.92 Å². The third-order valence-corrected chi connectivity index (χ3v) is 10.7. The van der Waals surface area contributed by atoms with Gasteiger partial charge in [-0.25, -0.2) is 13.8 Å². The van der Waals surface area contributed by atoms with Gasteiger partial charge in [-0.15, -0.1) is 0 Å². The molecule has 1 aromatic heterocycles. The molecule has 2 amide bonds. The van der Waals surface area contributed by atoms with Crippen LogP contribution < -0.4 is 5.32 Å². The molecule has 4 atom stereocenters. The third-order valence-electron chi connectivity index (χ3n) is 10.7. The molecule has 12 heteroatoms. The molecule has 10 nitrogen and oxygen atoms in total. The Morgan fingerprint density at radius 1 is 1.06 bits per heavy atom. The summed E-state index contributed by atoms with van der Waals surface area (Å²) in [6, 6.07) is 12.4. The summed E-state index contributed by atoms with van der Waals surface area (Å²) in [5.74, 6) is -2.56. The summed E-state index contributed by atoms with van der Waals surface area (Å²) in [6.45, 7) is 14.5. The molecule has 2 fully saturated rings. The molecule has 0 aliphatic carbocycles. The van der Waals surface area contributed by atoms with Crippen LogP contribution in [-0.4, -0.2) is 88.2 Å². The Kier molecular flexibility index (Phi) is 14.0. The summed E-state index contributed by atoms with van der Waals surface area (Å²) in [7, 11) is 0. The van der Waals surface area contributed by atoms with Gasteiger partial charge in [-0.3, -0.25) is 19.3 Å². The fourth-order valence-electron chi connectivity index (χ4n) is 7.78. The second-order valence-corrected chi connectivity index (χ2v) is 15.8. The molecule has 5 rings (SSSR count). The Bertz CT molecular complexity index is 1720. The number of benzene rings is 2. The first-order valence-corrected chi connectivity index (χ1v) is 19.4. The number of amides is 2. The molecule has 0 radical (unpaired) electrons. The highest BCUT2D eigenvalue weighted by Gasteiger charge is 2.46. The molecule has 2 aromatic carbocycles. The average molecular weight is 750 g/mol. The number of unbranched alkanes of at least 4 members (excludes halogenated alkanes) is 2. The standard InChI is InChI=1S/C42H57F2N5O5/c1-7-8-12-19-45-40(51)35-26-48(42(4,5)6)24-32(35)25-49(41(52)28(2)54-29(3)50)38(31-17-20-53-21-18-31)39-46-37(34-22-33(43)15-16-36(34)44)27-47(39)23-30-13-10-9-11-14-30/h9-11,13-16,22,27-28,31-32,35,38H,7-8,12,17-21,23-26H2,1-6H3,(H,45,51)/t28-,32+,35+,38+/m0/s1. The fourth-order valence-corrected chi connectivity index (χ4v) is 7.78. The van der Waals surface area contributed by atoms with Crippen LogP contribution in [0, 0.1) is 29.4 Å². The van der Waals surface area contributed by atoms with Gasteiger partial charge in [0.25, 0.3) is 5.91 Å². The Morgan fingerprint density at radius 2 is 1.78 bits per heavy atom. The third kappa shape index (κ3) is 10.3. The molecule has 3 aromatic rings. The first-order chi connectivity index (χ1) is 25.8. The maximum Gasteiger partial charge on any atom is 0.303 e. The number of halogens is 2. The number of hydrogen-bond donors (Lipinski definition) is 1. The van der Waals surface area contributed by atoms with E-state index in [4.69, 9.17) is 14.5 Å². The number of nitrogens with zero attached hydrogens (tertiary/aromatic N) is 4. The van der Waals surface area contributed by atoms with E-state index in [9.17, 15) is 18.8 Å². The first-order valence-electron chi connectivity index (χ1n) is 19.4. The molecular weight excluding hydrogens is 692 g/mol. The van der Waals surface area contributed by atoms with E-state index >= 15 is 4.39 Å². The van der Waals surface area contributed by atoms with Crippen molar-refractivity contribution in [1.29, 1.82) is 0 Å². The summed E-state index contributed by atoms with van der Waals surface area (Å²) in [5, 5.41) is 3.17. The van der Waals surface area contributed by atoms with E-state index in [1.807, 2.05) is 34.9 Å². The van der Waals surface area contributed by atoms with Gasteiger partial charge in [0, 0.05) is 76.1 Å². The van der Waals surface area contributed by atoms with Crippen LogP contribution in [0.1, 0.15) is 91.1 Å². The number of nitrogens with one attached hydrogen (secondary N) is 1. The summed E-state index contributed by atoms with van der Waals surface area (Å²) >= 11 is 0. The molecular formula is C42H57F2N5O5. The van der Waals surface area contributed by atoms with Crippen molar-refractivity contribution in [3.8, 4) is 11.3 Å². The van der Waals surface area contributed by atoms with Gasteiger partial charge in [0.05, 0.1) is 17.7 Å². The molecule has 2 aliphatic heterocycles. The van der Waals surface area contributed by atoms with Gasteiger partial charge in [0.2, 0.25) is 5.91 Å². The van der Waals surface area contributed by atoms with E-state index < -0.39 is 41.6 Å². The van der Waals surface area contributed by atoms with Gasteiger partial charge >= 0.3 is 5.97 Å². The van der Waals surface area contributed by atoms with Gasteiger partial charge in [0.15, 0.2) is 6.10 Å². The molecule has 1 N–H and O–H groups in total. The molecule has 3 heterocycles. The Morgan fingerprint density at radius 3 is 2.44 bits per heavy atom. The number of imidazole rings is 1. The van der Waals surface area contributed by atoms with Gasteiger partial charge < -0.3 is 24.3 Å². The second kappa shape index (κ2) is 18.4. The number of rotatable bonds is 15. The summed E-state index contributed by atoms with van der Waals surface area (Å²) < 4.78 is 43.2. The lowest BCUT2D eigenvalue weighted by molar-refractivity contribution is -0.160. The van der Waals surface area contributed by atoms with E-state index in [-0.39, 0.29) is 41.1 Å². The van der Waals surface area contributed by atoms with Gasteiger partial charge in [0.1, 0.15) is 17.5 Å². The molecule has 54 heavy (non-hydrogen) atoms.